The Hall–Kier alpha value is -1.11. The quantitative estimate of drug-likeness (QED) is 0.728. The zero-order chi connectivity index (χ0) is 14.4. The van der Waals surface area contributed by atoms with Crippen LogP contribution >= 0.6 is 0 Å². The molecule has 1 aliphatic carbocycles. The molecule has 0 spiro atoms. The van der Waals surface area contributed by atoms with Gasteiger partial charge in [-0.15, -0.1) is 0 Å². The Bertz CT molecular complexity index is 408. The molecule has 2 rings (SSSR count). The zero-order valence-electron chi connectivity index (χ0n) is 13.0. The van der Waals surface area contributed by atoms with E-state index < -0.39 is 0 Å². The lowest BCUT2D eigenvalue weighted by Crippen LogP contribution is -2.18. The SMILES string of the molecule is CC(C)c1ccc(CC(=O)C2CCCCCCC2)cc1. The zero-order valence-corrected chi connectivity index (χ0v) is 13.0. The first kappa shape index (κ1) is 15.3. The van der Waals surface area contributed by atoms with E-state index in [4.69, 9.17) is 0 Å². The summed E-state index contributed by atoms with van der Waals surface area (Å²) in [4.78, 5) is 12.5. The van der Waals surface area contributed by atoms with Gasteiger partial charge in [-0.05, 0) is 29.9 Å². The van der Waals surface area contributed by atoms with Crippen molar-refractivity contribution in [2.75, 3.05) is 0 Å². The molecular formula is C19H28O. The number of benzene rings is 1. The third-order valence-electron chi connectivity index (χ3n) is 4.59. The van der Waals surface area contributed by atoms with Gasteiger partial charge < -0.3 is 0 Å². The molecule has 0 N–H and O–H groups in total. The average Bonchev–Trinajstić information content (AvgIpc) is 2.38. The maximum Gasteiger partial charge on any atom is 0.140 e. The Balaban J connectivity index is 1.92. The summed E-state index contributed by atoms with van der Waals surface area (Å²) in [7, 11) is 0. The van der Waals surface area contributed by atoms with Crippen LogP contribution < -0.4 is 0 Å². The van der Waals surface area contributed by atoms with Gasteiger partial charge in [-0.1, -0.05) is 70.2 Å². The highest BCUT2D eigenvalue weighted by atomic mass is 16.1. The average molecular weight is 272 g/mol. The molecule has 110 valence electrons. The molecule has 1 aromatic carbocycles. The van der Waals surface area contributed by atoms with E-state index in [0.29, 0.717) is 24.0 Å². The van der Waals surface area contributed by atoms with Crippen LogP contribution in [0.25, 0.3) is 0 Å². The van der Waals surface area contributed by atoms with E-state index >= 15 is 0 Å². The van der Waals surface area contributed by atoms with Crippen molar-refractivity contribution in [3.05, 3.63) is 35.4 Å². The van der Waals surface area contributed by atoms with E-state index in [2.05, 4.69) is 38.1 Å². The monoisotopic (exact) mass is 272 g/mol. The number of carbonyl (C=O) groups is 1. The third-order valence-corrected chi connectivity index (χ3v) is 4.59. The highest BCUT2D eigenvalue weighted by molar-refractivity contribution is 5.83. The molecule has 0 aromatic heterocycles. The number of hydrogen-bond donors (Lipinski definition) is 0. The molecule has 0 amide bonds. The fourth-order valence-corrected chi connectivity index (χ4v) is 3.14. The summed E-state index contributed by atoms with van der Waals surface area (Å²) in [5.41, 5.74) is 2.54. The van der Waals surface area contributed by atoms with Gasteiger partial charge in [0.15, 0.2) is 0 Å². The first-order valence-electron chi connectivity index (χ1n) is 8.28. The normalized spacial score (nSPS) is 17.8. The Labute approximate surface area is 123 Å². The van der Waals surface area contributed by atoms with Crippen LogP contribution in [0.2, 0.25) is 0 Å². The summed E-state index contributed by atoms with van der Waals surface area (Å²) in [6, 6.07) is 8.61. The molecule has 0 unspecified atom stereocenters. The Morgan fingerprint density at radius 1 is 1.00 bits per heavy atom. The maximum atomic E-state index is 12.5. The molecule has 1 fully saturated rings. The van der Waals surface area contributed by atoms with Crippen LogP contribution in [0.5, 0.6) is 0 Å². The summed E-state index contributed by atoms with van der Waals surface area (Å²) >= 11 is 0. The van der Waals surface area contributed by atoms with Crippen molar-refractivity contribution >= 4 is 5.78 Å². The summed E-state index contributed by atoms with van der Waals surface area (Å²) in [6.07, 6.45) is 9.32. The minimum absolute atomic E-state index is 0.320. The van der Waals surface area contributed by atoms with Crippen LogP contribution in [0.1, 0.15) is 75.8 Å². The van der Waals surface area contributed by atoms with Gasteiger partial charge in [0.1, 0.15) is 5.78 Å². The van der Waals surface area contributed by atoms with E-state index in [1.807, 2.05) is 0 Å². The van der Waals surface area contributed by atoms with Gasteiger partial charge in [-0.25, -0.2) is 0 Å². The van der Waals surface area contributed by atoms with E-state index in [9.17, 15) is 4.79 Å². The lowest BCUT2D eigenvalue weighted by atomic mass is 9.86. The van der Waals surface area contributed by atoms with Gasteiger partial charge in [-0.3, -0.25) is 4.79 Å². The first-order valence-corrected chi connectivity index (χ1v) is 8.28. The molecule has 20 heavy (non-hydrogen) atoms. The molecule has 1 aromatic rings. The van der Waals surface area contributed by atoms with Crippen molar-refractivity contribution in [3.63, 3.8) is 0 Å². The minimum Gasteiger partial charge on any atom is -0.299 e. The highest BCUT2D eigenvalue weighted by Gasteiger charge is 2.19. The van der Waals surface area contributed by atoms with Gasteiger partial charge in [0, 0.05) is 12.3 Å². The number of hydrogen-bond acceptors (Lipinski definition) is 1. The Morgan fingerprint density at radius 2 is 1.55 bits per heavy atom. The predicted molar refractivity (Wildman–Crippen MR) is 85.1 cm³/mol. The van der Waals surface area contributed by atoms with Crippen molar-refractivity contribution in [2.45, 2.75) is 71.1 Å². The minimum atomic E-state index is 0.320. The molecule has 0 atom stereocenters. The second-order valence-corrected chi connectivity index (χ2v) is 6.58. The van der Waals surface area contributed by atoms with Crippen molar-refractivity contribution in [1.29, 1.82) is 0 Å². The van der Waals surface area contributed by atoms with Crippen LogP contribution in [-0.4, -0.2) is 5.78 Å². The number of rotatable bonds is 4. The highest BCUT2D eigenvalue weighted by Crippen LogP contribution is 2.24. The second kappa shape index (κ2) is 7.61. The fraction of sp³-hybridized carbons (Fsp3) is 0.632. The van der Waals surface area contributed by atoms with Gasteiger partial charge in [-0.2, -0.15) is 0 Å². The van der Waals surface area contributed by atoms with E-state index in [1.165, 1.54) is 43.2 Å². The molecule has 0 saturated heterocycles. The second-order valence-electron chi connectivity index (χ2n) is 6.58. The molecule has 0 radical (unpaired) electrons. The fourth-order valence-electron chi connectivity index (χ4n) is 3.14. The summed E-state index contributed by atoms with van der Waals surface area (Å²) < 4.78 is 0. The largest absolute Gasteiger partial charge is 0.299 e. The van der Waals surface area contributed by atoms with Gasteiger partial charge in [0.2, 0.25) is 0 Å². The lowest BCUT2D eigenvalue weighted by Gasteiger charge is -2.18. The number of carbonyl (C=O) groups excluding carboxylic acids is 1. The van der Waals surface area contributed by atoms with Crippen molar-refractivity contribution in [1.82, 2.24) is 0 Å². The van der Waals surface area contributed by atoms with Crippen molar-refractivity contribution in [3.8, 4) is 0 Å². The Morgan fingerprint density at radius 3 is 2.10 bits per heavy atom. The van der Waals surface area contributed by atoms with Crippen molar-refractivity contribution in [2.24, 2.45) is 5.92 Å². The molecule has 0 bridgehead atoms. The number of ketones is 1. The first-order chi connectivity index (χ1) is 9.66. The van der Waals surface area contributed by atoms with Gasteiger partial charge >= 0.3 is 0 Å². The maximum absolute atomic E-state index is 12.5. The standard InChI is InChI=1S/C19H28O/c1-15(2)17-12-10-16(11-13-17)14-19(20)18-8-6-4-3-5-7-9-18/h10-13,15,18H,3-9,14H2,1-2H3. The molecule has 1 heteroatoms. The Kier molecular flexibility index (Phi) is 5.82. The molecule has 1 aliphatic rings. The summed E-state index contributed by atoms with van der Waals surface area (Å²) in [5, 5.41) is 0. The van der Waals surface area contributed by atoms with Crippen molar-refractivity contribution < 1.29 is 4.79 Å². The summed E-state index contributed by atoms with van der Waals surface area (Å²) in [6.45, 7) is 4.41. The van der Waals surface area contributed by atoms with Crippen LogP contribution in [0, 0.1) is 5.92 Å². The van der Waals surface area contributed by atoms with Crippen LogP contribution in [0.15, 0.2) is 24.3 Å². The molecule has 0 aliphatic heterocycles. The van der Waals surface area contributed by atoms with Crippen LogP contribution in [-0.2, 0) is 11.2 Å². The van der Waals surface area contributed by atoms with Gasteiger partial charge in [0.25, 0.3) is 0 Å². The lowest BCUT2D eigenvalue weighted by molar-refractivity contribution is -0.122. The predicted octanol–water partition coefficient (Wildman–Crippen LogP) is 5.28. The van der Waals surface area contributed by atoms with Crippen LogP contribution in [0.4, 0.5) is 0 Å². The van der Waals surface area contributed by atoms with E-state index in [0.717, 1.165) is 12.8 Å². The third kappa shape index (κ3) is 4.47. The molecule has 0 heterocycles. The summed E-state index contributed by atoms with van der Waals surface area (Å²) in [5.74, 6) is 1.34. The molecule has 1 saturated carbocycles. The smallest absolute Gasteiger partial charge is 0.140 e. The molecule has 1 nitrogen and oxygen atoms in total. The number of Topliss-reactive ketones (excluding diaryl/α,β-unsaturated/α-hetero) is 1. The molecular weight excluding hydrogens is 244 g/mol. The van der Waals surface area contributed by atoms with E-state index in [-0.39, 0.29) is 0 Å². The topological polar surface area (TPSA) is 17.1 Å². The van der Waals surface area contributed by atoms with Crippen LogP contribution in [0.3, 0.4) is 0 Å². The van der Waals surface area contributed by atoms with E-state index in [1.54, 1.807) is 0 Å². The van der Waals surface area contributed by atoms with Gasteiger partial charge in [0.05, 0.1) is 0 Å².